The van der Waals surface area contributed by atoms with Crippen LogP contribution in [-0.2, 0) is 6.54 Å². The van der Waals surface area contributed by atoms with Crippen LogP contribution in [0.3, 0.4) is 0 Å². The molecule has 6 heteroatoms. The van der Waals surface area contributed by atoms with E-state index < -0.39 is 4.92 Å². The number of aliphatic hydroxyl groups excluding tert-OH is 1. The van der Waals surface area contributed by atoms with Gasteiger partial charge < -0.3 is 15.2 Å². The van der Waals surface area contributed by atoms with Crippen molar-refractivity contribution >= 4 is 5.69 Å². The monoisotopic (exact) mass is 294 g/mol. The zero-order valence-electron chi connectivity index (χ0n) is 12.3. The second kappa shape index (κ2) is 6.87. The fourth-order valence-electron chi connectivity index (χ4n) is 2.99. The van der Waals surface area contributed by atoms with Crippen LogP contribution in [0.1, 0.15) is 31.2 Å². The second-order valence-electron chi connectivity index (χ2n) is 5.72. The van der Waals surface area contributed by atoms with Crippen molar-refractivity contribution in [3.8, 4) is 5.75 Å². The molecule has 0 atom stereocenters. The van der Waals surface area contributed by atoms with Crippen LogP contribution >= 0.6 is 0 Å². The number of non-ortho nitro benzene ring substituents is 1. The number of methoxy groups -OCH3 is 1. The number of nitro groups is 1. The molecule has 116 valence electrons. The van der Waals surface area contributed by atoms with Crippen molar-refractivity contribution in [2.24, 2.45) is 5.41 Å². The molecule has 6 nitrogen and oxygen atoms in total. The zero-order chi connectivity index (χ0) is 15.3. The van der Waals surface area contributed by atoms with Gasteiger partial charge in [0, 0.05) is 42.8 Å². The molecule has 0 saturated heterocycles. The van der Waals surface area contributed by atoms with E-state index in [1.165, 1.54) is 12.1 Å². The number of benzene rings is 1. The van der Waals surface area contributed by atoms with E-state index in [4.69, 9.17) is 4.74 Å². The maximum absolute atomic E-state index is 10.8. The summed E-state index contributed by atoms with van der Waals surface area (Å²) in [7, 11) is 1.55. The predicted octanol–water partition coefficient (Wildman–Crippen LogP) is 2.25. The average Bonchev–Trinajstić information content (AvgIpc) is 2.96. The fraction of sp³-hybridized carbons (Fsp3) is 0.600. The molecular weight excluding hydrogens is 272 g/mol. The van der Waals surface area contributed by atoms with Crippen molar-refractivity contribution in [1.29, 1.82) is 0 Å². The number of nitrogens with zero attached hydrogens (tertiary/aromatic N) is 1. The third-order valence-electron chi connectivity index (χ3n) is 4.29. The molecule has 1 aliphatic carbocycles. The van der Waals surface area contributed by atoms with Crippen LogP contribution in [0.25, 0.3) is 0 Å². The van der Waals surface area contributed by atoms with Crippen LogP contribution in [0.5, 0.6) is 5.75 Å². The summed E-state index contributed by atoms with van der Waals surface area (Å²) in [6.45, 7) is 1.40. The summed E-state index contributed by atoms with van der Waals surface area (Å²) >= 11 is 0. The average molecular weight is 294 g/mol. The number of ether oxygens (including phenoxy) is 1. The van der Waals surface area contributed by atoms with Crippen molar-refractivity contribution in [2.75, 3.05) is 20.3 Å². The molecule has 0 spiro atoms. The van der Waals surface area contributed by atoms with E-state index in [1.54, 1.807) is 13.2 Å². The normalized spacial score (nSPS) is 16.9. The third-order valence-corrected chi connectivity index (χ3v) is 4.29. The Kier molecular flexibility index (Phi) is 5.14. The Labute approximate surface area is 124 Å². The molecule has 1 fully saturated rings. The Hall–Kier alpha value is -1.66. The van der Waals surface area contributed by atoms with E-state index in [2.05, 4.69) is 5.32 Å². The molecule has 2 N–H and O–H groups in total. The standard InChI is InChI=1S/C15H22N2O4/c1-21-14-5-4-13(17(19)20)8-12(14)9-16-10-15(11-18)6-2-3-7-15/h4-5,8,16,18H,2-3,6-7,9-11H2,1H3. The number of nitrogens with one attached hydrogen (secondary N) is 1. The molecule has 0 aromatic heterocycles. The molecule has 0 aliphatic heterocycles. The first kappa shape index (κ1) is 15.7. The van der Waals surface area contributed by atoms with Crippen molar-refractivity contribution in [2.45, 2.75) is 32.2 Å². The lowest BCUT2D eigenvalue weighted by molar-refractivity contribution is -0.384. The molecule has 1 saturated carbocycles. The Morgan fingerprint density at radius 3 is 2.71 bits per heavy atom. The zero-order valence-corrected chi connectivity index (χ0v) is 12.3. The highest BCUT2D eigenvalue weighted by atomic mass is 16.6. The lowest BCUT2D eigenvalue weighted by Gasteiger charge is -2.26. The summed E-state index contributed by atoms with van der Waals surface area (Å²) < 4.78 is 5.24. The van der Waals surface area contributed by atoms with E-state index in [0.717, 1.165) is 37.8 Å². The number of hydrogen-bond acceptors (Lipinski definition) is 5. The summed E-state index contributed by atoms with van der Waals surface area (Å²) in [6, 6.07) is 4.59. The molecule has 0 bridgehead atoms. The molecule has 0 unspecified atom stereocenters. The van der Waals surface area contributed by atoms with Gasteiger partial charge in [0.2, 0.25) is 0 Å². The van der Waals surface area contributed by atoms with Crippen molar-refractivity contribution in [3.63, 3.8) is 0 Å². The van der Waals surface area contributed by atoms with Crippen molar-refractivity contribution < 1.29 is 14.8 Å². The maximum Gasteiger partial charge on any atom is 0.270 e. The quantitative estimate of drug-likeness (QED) is 0.595. The van der Waals surface area contributed by atoms with Gasteiger partial charge in [-0.3, -0.25) is 10.1 Å². The van der Waals surface area contributed by atoms with E-state index >= 15 is 0 Å². The van der Waals surface area contributed by atoms with Gasteiger partial charge >= 0.3 is 0 Å². The Morgan fingerprint density at radius 2 is 2.14 bits per heavy atom. The van der Waals surface area contributed by atoms with Gasteiger partial charge in [0.1, 0.15) is 5.75 Å². The van der Waals surface area contributed by atoms with Crippen LogP contribution in [0, 0.1) is 15.5 Å². The van der Waals surface area contributed by atoms with Gasteiger partial charge in [-0.15, -0.1) is 0 Å². The Balaban J connectivity index is 2.01. The minimum atomic E-state index is -0.408. The van der Waals surface area contributed by atoms with Crippen LogP contribution < -0.4 is 10.1 Å². The summed E-state index contributed by atoms with van der Waals surface area (Å²) in [5.41, 5.74) is 0.789. The van der Waals surface area contributed by atoms with Crippen molar-refractivity contribution in [3.05, 3.63) is 33.9 Å². The molecule has 0 amide bonds. The maximum atomic E-state index is 10.8. The Morgan fingerprint density at radius 1 is 1.43 bits per heavy atom. The lowest BCUT2D eigenvalue weighted by Crippen LogP contribution is -2.34. The minimum absolute atomic E-state index is 0.0338. The number of nitro benzene ring substituents is 1. The van der Waals surface area contributed by atoms with Gasteiger partial charge in [-0.05, 0) is 18.9 Å². The first-order valence-electron chi connectivity index (χ1n) is 7.23. The lowest BCUT2D eigenvalue weighted by atomic mass is 9.87. The molecule has 0 heterocycles. The van der Waals surface area contributed by atoms with Gasteiger partial charge in [0.15, 0.2) is 0 Å². The first-order chi connectivity index (χ1) is 10.1. The highest BCUT2D eigenvalue weighted by Crippen LogP contribution is 2.37. The largest absolute Gasteiger partial charge is 0.496 e. The predicted molar refractivity (Wildman–Crippen MR) is 79.3 cm³/mol. The molecule has 21 heavy (non-hydrogen) atoms. The summed E-state index contributed by atoms with van der Waals surface area (Å²) in [6.07, 6.45) is 4.37. The summed E-state index contributed by atoms with van der Waals surface area (Å²) in [5, 5.41) is 23.7. The summed E-state index contributed by atoms with van der Waals surface area (Å²) in [4.78, 5) is 10.4. The number of aliphatic hydroxyl groups is 1. The number of rotatable bonds is 7. The van der Waals surface area contributed by atoms with E-state index in [-0.39, 0.29) is 17.7 Å². The summed E-state index contributed by atoms with van der Waals surface area (Å²) in [5.74, 6) is 0.637. The fourth-order valence-corrected chi connectivity index (χ4v) is 2.99. The van der Waals surface area contributed by atoms with Gasteiger partial charge in [-0.1, -0.05) is 12.8 Å². The molecule has 1 aromatic carbocycles. The van der Waals surface area contributed by atoms with E-state index in [1.807, 2.05) is 0 Å². The van der Waals surface area contributed by atoms with Crippen molar-refractivity contribution in [1.82, 2.24) is 5.32 Å². The van der Waals surface area contributed by atoms with Crippen LogP contribution in [-0.4, -0.2) is 30.3 Å². The third kappa shape index (κ3) is 3.71. The smallest absolute Gasteiger partial charge is 0.270 e. The second-order valence-corrected chi connectivity index (χ2v) is 5.72. The highest BCUT2D eigenvalue weighted by molar-refractivity contribution is 5.43. The van der Waals surface area contributed by atoms with E-state index in [0.29, 0.717) is 12.3 Å². The molecular formula is C15H22N2O4. The van der Waals surface area contributed by atoms with Crippen LogP contribution in [0.15, 0.2) is 18.2 Å². The molecule has 1 aliphatic rings. The van der Waals surface area contributed by atoms with Gasteiger partial charge in [0.25, 0.3) is 5.69 Å². The van der Waals surface area contributed by atoms with Crippen LogP contribution in [0.2, 0.25) is 0 Å². The topological polar surface area (TPSA) is 84.6 Å². The number of hydrogen-bond donors (Lipinski definition) is 2. The van der Waals surface area contributed by atoms with E-state index in [9.17, 15) is 15.2 Å². The van der Waals surface area contributed by atoms with Gasteiger partial charge in [0.05, 0.1) is 12.0 Å². The SMILES string of the molecule is COc1ccc([N+](=O)[O-])cc1CNCC1(CO)CCCC1. The first-order valence-corrected chi connectivity index (χ1v) is 7.23. The molecule has 2 rings (SSSR count). The Bertz CT molecular complexity index is 498. The van der Waals surface area contributed by atoms with Gasteiger partial charge in [-0.25, -0.2) is 0 Å². The van der Waals surface area contributed by atoms with Crippen LogP contribution in [0.4, 0.5) is 5.69 Å². The van der Waals surface area contributed by atoms with Gasteiger partial charge in [-0.2, -0.15) is 0 Å². The molecule has 0 radical (unpaired) electrons. The highest BCUT2D eigenvalue weighted by Gasteiger charge is 2.32. The minimum Gasteiger partial charge on any atom is -0.496 e. The molecule has 1 aromatic rings.